The predicted octanol–water partition coefficient (Wildman–Crippen LogP) is 1.73. The van der Waals surface area contributed by atoms with Gasteiger partial charge < -0.3 is 15.0 Å². The Labute approximate surface area is 120 Å². The molecule has 0 aromatic heterocycles. The molecule has 1 atom stereocenters. The number of aryl methyl sites for hydroxylation is 1. The number of benzene rings is 1. The Kier molecular flexibility index (Phi) is 4.33. The number of hydrogen-bond acceptors (Lipinski definition) is 3. The number of hydrogen-bond donors (Lipinski definition) is 1. The number of carbonyl (C=O) groups excluding carboxylic acids is 1. The molecule has 1 saturated heterocycles. The first-order valence-corrected chi connectivity index (χ1v) is 7.55. The number of ether oxygens (including phenoxy) is 1. The van der Waals surface area contributed by atoms with Gasteiger partial charge in [0.15, 0.2) is 0 Å². The summed E-state index contributed by atoms with van der Waals surface area (Å²) >= 11 is 0. The van der Waals surface area contributed by atoms with E-state index in [2.05, 4.69) is 11.4 Å². The number of para-hydroxylation sites is 1. The largest absolute Gasteiger partial charge is 0.377 e. The lowest BCUT2D eigenvalue weighted by Gasteiger charge is -2.29. The maximum atomic E-state index is 12.4. The van der Waals surface area contributed by atoms with Crippen molar-refractivity contribution in [2.45, 2.75) is 31.8 Å². The van der Waals surface area contributed by atoms with Crippen LogP contribution in [0.3, 0.4) is 0 Å². The molecule has 1 fully saturated rings. The topological polar surface area (TPSA) is 41.6 Å². The zero-order valence-corrected chi connectivity index (χ0v) is 11.8. The van der Waals surface area contributed by atoms with E-state index in [1.807, 2.05) is 23.1 Å². The second kappa shape index (κ2) is 6.37. The van der Waals surface area contributed by atoms with Crippen molar-refractivity contribution < 1.29 is 9.53 Å². The minimum atomic E-state index is 0.162. The van der Waals surface area contributed by atoms with Crippen molar-refractivity contribution in [1.29, 1.82) is 0 Å². The van der Waals surface area contributed by atoms with Crippen LogP contribution >= 0.6 is 0 Å². The van der Waals surface area contributed by atoms with Gasteiger partial charge in [0.2, 0.25) is 5.91 Å². The highest BCUT2D eigenvalue weighted by atomic mass is 16.5. The summed E-state index contributed by atoms with van der Waals surface area (Å²) in [4.78, 5) is 14.3. The molecule has 0 aliphatic carbocycles. The first-order valence-electron chi connectivity index (χ1n) is 7.55. The van der Waals surface area contributed by atoms with E-state index in [4.69, 9.17) is 4.74 Å². The summed E-state index contributed by atoms with van der Waals surface area (Å²) < 4.78 is 5.55. The Morgan fingerprint density at radius 1 is 1.35 bits per heavy atom. The first-order chi connectivity index (χ1) is 9.84. The summed E-state index contributed by atoms with van der Waals surface area (Å²) in [7, 11) is 0. The summed E-state index contributed by atoms with van der Waals surface area (Å²) in [6, 6.07) is 8.22. The Bertz CT molecular complexity index is 469. The zero-order valence-electron chi connectivity index (χ0n) is 11.8. The molecule has 3 rings (SSSR count). The third-order valence-electron chi connectivity index (χ3n) is 4.08. The smallest absolute Gasteiger partial charge is 0.240 e. The molecule has 4 heteroatoms. The molecule has 2 aliphatic heterocycles. The van der Waals surface area contributed by atoms with E-state index >= 15 is 0 Å². The highest BCUT2D eigenvalue weighted by molar-refractivity contribution is 5.95. The van der Waals surface area contributed by atoms with E-state index in [-0.39, 0.29) is 12.0 Å². The number of fused-ring (bicyclic) bond motifs is 1. The molecule has 0 saturated carbocycles. The van der Waals surface area contributed by atoms with Crippen molar-refractivity contribution in [3.05, 3.63) is 29.8 Å². The molecule has 1 aromatic rings. The van der Waals surface area contributed by atoms with Crippen molar-refractivity contribution in [1.82, 2.24) is 5.32 Å². The van der Waals surface area contributed by atoms with Crippen LogP contribution in [-0.2, 0) is 16.0 Å². The van der Waals surface area contributed by atoms with E-state index in [0.29, 0.717) is 6.54 Å². The molecule has 0 spiro atoms. The summed E-state index contributed by atoms with van der Waals surface area (Å²) in [5.41, 5.74) is 2.37. The van der Waals surface area contributed by atoms with Crippen LogP contribution < -0.4 is 10.2 Å². The number of anilines is 1. The van der Waals surface area contributed by atoms with E-state index in [9.17, 15) is 4.79 Å². The summed E-state index contributed by atoms with van der Waals surface area (Å²) in [6.07, 6.45) is 4.65. The van der Waals surface area contributed by atoms with Crippen LogP contribution in [0.25, 0.3) is 0 Å². The van der Waals surface area contributed by atoms with Crippen LogP contribution in [0.4, 0.5) is 5.69 Å². The van der Waals surface area contributed by atoms with Crippen molar-refractivity contribution in [3.8, 4) is 0 Å². The Balaban J connectivity index is 1.55. The average Bonchev–Trinajstić information content (AvgIpc) is 3.00. The average molecular weight is 274 g/mol. The fraction of sp³-hybridized carbons (Fsp3) is 0.562. The van der Waals surface area contributed by atoms with Crippen LogP contribution in [0.2, 0.25) is 0 Å². The number of rotatable bonds is 4. The zero-order chi connectivity index (χ0) is 13.8. The Morgan fingerprint density at radius 3 is 3.10 bits per heavy atom. The first kappa shape index (κ1) is 13.6. The SMILES string of the molecule is O=C(CNC[C@H]1CCCO1)N1CCCc2ccccc21. The molecule has 0 unspecified atom stereocenters. The number of nitrogens with zero attached hydrogens (tertiary/aromatic N) is 1. The minimum Gasteiger partial charge on any atom is -0.377 e. The highest BCUT2D eigenvalue weighted by Gasteiger charge is 2.22. The van der Waals surface area contributed by atoms with Crippen LogP contribution in [0.1, 0.15) is 24.8 Å². The van der Waals surface area contributed by atoms with Gasteiger partial charge in [0.05, 0.1) is 12.6 Å². The van der Waals surface area contributed by atoms with Gasteiger partial charge in [-0.1, -0.05) is 18.2 Å². The molecule has 1 amide bonds. The van der Waals surface area contributed by atoms with Gasteiger partial charge in [-0.3, -0.25) is 4.79 Å². The van der Waals surface area contributed by atoms with Crippen LogP contribution in [0.5, 0.6) is 0 Å². The van der Waals surface area contributed by atoms with Gasteiger partial charge in [-0.25, -0.2) is 0 Å². The monoisotopic (exact) mass is 274 g/mol. The van der Waals surface area contributed by atoms with Crippen molar-refractivity contribution in [2.75, 3.05) is 31.1 Å². The molecule has 4 nitrogen and oxygen atoms in total. The lowest BCUT2D eigenvalue weighted by atomic mass is 10.0. The molecule has 0 radical (unpaired) electrons. The predicted molar refractivity (Wildman–Crippen MR) is 79.0 cm³/mol. The normalized spacial score (nSPS) is 21.8. The van der Waals surface area contributed by atoms with Gasteiger partial charge in [-0.2, -0.15) is 0 Å². The van der Waals surface area contributed by atoms with Crippen molar-refractivity contribution >= 4 is 11.6 Å². The molecule has 0 bridgehead atoms. The molecular weight excluding hydrogens is 252 g/mol. The molecule has 20 heavy (non-hydrogen) atoms. The standard InChI is InChI=1S/C16H22N2O2/c19-16(12-17-11-14-7-4-10-20-14)18-9-3-6-13-5-1-2-8-15(13)18/h1-2,5,8,14,17H,3-4,6-7,9-12H2/t14-/m1/s1. The quantitative estimate of drug-likeness (QED) is 0.909. The second-order valence-corrected chi connectivity index (χ2v) is 5.54. The van der Waals surface area contributed by atoms with E-state index in [1.165, 1.54) is 5.56 Å². The summed E-state index contributed by atoms with van der Waals surface area (Å²) in [5.74, 6) is 0.162. The van der Waals surface area contributed by atoms with Crippen LogP contribution in [0.15, 0.2) is 24.3 Å². The number of nitrogens with one attached hydrogen (secondary N) is 1. The molecular formula is C16H22N2O2. The van der Waals surface area contributed by atoms with Gasteiger partial charge in [-0.05, 0) is 37.3 Å². The van der Waals surface area contributed by atoms with E-state index < -0.39 is 0 Å². The third kappa shape index (κ3) is 3.02. The second-order valence-electron chi connectivity index (χ2n) is 5.54. The maximum absolute atomic E-state index is 12.4. The van der Waals surface area contributed by atoms with Crippen molar-refractivity contribution in [3.63, 3.8) is 0 Å². The molecule has 2 heterocycles. The van der Waals surface area contributed by atoms with E-state index in [1.54, 1.807) is 0 Å². The van der Waals surface area contributed by atoms with Gasteiger partial charge >= 0.3 is 0 Å². The van der Waals surface area contributed by atoms with Crippen molar-refractivity contribution in [2.24, 2.45) is 0 Å². The fourth-order valence-electron chi connectivity index (χ4n) is 3.03. The fourth-order valence-corrected chi connectivity index (χ4v) is 3.03. The van der Waals surface area contributed by atoms with Crippen LogP contribution in [0, 0.1) is 0 Å². The highest BCUT2D eigenvalue weighted by Crippen LogP contribution is 2.26. The minimum absolute atomic E-state index is 0.162. The lowest BCUT2D eigenvalue weighted by Crippen LogP contribution is -2.42. The van der Waals surface area contributed by atoms with E-state index in [0.717, 1.165) is 51.1 Å². The molecule has 108 valence electrons. The molecule has 2 aliphatic rings. The van der Waals surface area contributed by atoms with Gasteiger partial charge in [0.1, 0.15) is 0 Å². The summed E-state index contributed by atoms with van der Waals surface area (Å²) in [5, 5.41) is 3.24. The number of amides is 1. The third-order valence-corrected chi connectivity index (χ3v) is 4.08. The molecule has 1 N–H and O–H groups in total. The summed E-state index contributed by atoms with van der Waals surface area (Å²) in [6.45, 7) is 2.87. The van der Waals surface area contributed by atoms with Gasteiger partial charge in [0, 0.05) is 25.4 Å². The lowest BCUT2D eigenvalue weighted by molar-refractivity contribution is -0.117. The molecule has 1 aromatic carbocycles. The Morgan fingerprint density at radius 2 is 2.25 bits per heavy atom. The Hall–Kier alpha value is -1.39. The number of carbonyl (C=O) groups is 1. The maximum Gasteiger partial charge on any atom is 0.240 e. The van der Waals surface area contributed by atoms with Gasteiger partial charge in [-0.15, -0.1) is 0 Å². The van der Waals surface area contributed by atoms with Crippen LogP contribution in [-0.4, -0.2) is 38.3 Å². The van der Waals surface area contributed by atoms with Gasteiger partial charge in [0.25, 0.3) is 0 Å².